The highest BCUT2D eigenvalue weighted by Gasteiger charge is 2.36. The fourth-order valence-electron chi connectivity index (χ4n) is 3.29. The Morgan fingerprint density at radius 2 is 2.29 bits per heavy atom. The van der Waals surface area contributed by atoms with E-state index in [1.54, 1.807) is 0 Å². The topological polar surface area (TPSA) is 53.0 Å². The number of carbonyl (C=O) groups excluding carboxylic acids is 1. The van der Waals surface area contributed by atoms with Gasteiger partial charge in [-0.1, -0.05) is 6.08 Å². The Morgan fingerprint density at radius 3 is 2.95 bits per heavy atom. The van der Waals surface area contributed by atoms with E-state index in [4.69, 9.17) is 4.74 Å². The zero-order valence-corrected chi connectivity index (χ0v) is 12.7. The monoisotopic (exact) mass is 294 g/mol. The Kier molecular flexibility index (Phi) is 4.93. The maximum absolute atomic E-state index is 12.8. The second-order valence-corrected chi connectivity index (χ2v) is 6.32. The predicted molar refractivity (Wildman–Crippen MR) is 79.7 cm³/mol. The van der Waals surface area contributed by atoms with E-state index in [-0.39, 0.29) is 18.6 Å². The van der Waals surface area contributed by atoms with Crippen molar-refractivity contribution in [2.45, 2.75) is 50.6 Å². The second kappa shape index (κ2) is 6.90. The largest absolute Gasteiger partial charge is 0.395 e. The van der Waals surface area contributed by atoms with Gasteiger partial charge in [0.05, 0.1) is 32.4 Å². The molecule has 1 saturated carbocycles. The van der Waals surface area contributed by atoms with Gasteiger partial charge in [-0.3, -0.25) is 9.69 Å². The average molecular weight is 294 g/mol. The van der Waals surface area contributed by atoms with Gasteiger partial charge in [-0.25, -0.2) is 0 Å². The molecule has 1 unspecified atom stereocenters. The molecule has 3 aliphatic rings. The molecule has 5 heteroatoms. The molecule has 1 amide bonds. The van der Waals surface area contributed by atoms with Crippen LogP contribution in [0, 0.1) is 0 Å². The molecule has 0 aromatic heterocycles. The number of hydrogen-bond acceptors (Lipinski definition) is 4. The van der Waals surface area contributed by atoms with Gasteiger partial charge in [0.15, 0.2) is 0 Å². The van der Waals surface area contributed by atoms with E-state index < -0.39 is 0 Å². The Labute approximate surface area is 126 Å². The van der Waals surface area contributed by atoms with Crippen LogP contribution in [0.2, 0.25) is 0 Å². The number of aliphatic hydroxyl groups excluding tert-OH is 1. The molecule has 1 saturated heterocycles. The van der Waals surface area contributed by atoms with Crippen LogP contribution in [0.15, 0.2) is 11.8 Å². The molecule has 1 atom stereocenters. The number of allylic oxidation sites excluding steroid dienone is 2. The van der Waals surface area contributed by atoms with Crippen LogP contribution >= 0.6 is 0 Å². The summed E-state index contributed by atoms with van der Waals surface area (Å²) in [6, 6.07) is 0.388. The smallest absolute Gasteiger partial charge is 0.241 e. The second-order valence-electron chi connectivity index (χ2n) is 6.32. The molecular formula is C16H26N2O3. The highest BCUT2D eigenvalue weighted by molar-refractivity contribution is 5.81. The van der Waals surface area contributed by atoms with Gasteiger partial charge in [-0.05, 0) is 38.5 Å². The van der Waals surface area contributed by atoms with E-state index in [2.05, 4.69) is 15.9 Å². The van der Waals surface area contributed by atoms with Crippen LogP contribution in [0.5, 0.6) is 0 Å². The van der Waals surface area contributed by atoms with Gasteiger partial charge in [0.1, 0.15) is 0 Å². The molecule has 0 aromatic rings. The summed E-state index contributed by atoms with van der Waals surface area (Å²) in [5.41, 5.74) is 1.24. The molecule has 1 heterocycles. The summed E-state index contributed by atoms with van der Waals surface area (Å²) >= 11 is 0. The molecule has 0 bridgehead atoms. The summed E-state index contributed by atoms with van der Waals surface area (Å²) in [5.74, 6) is 0.200. The van der Waals surface area contributed by atoms with E-state index in [0.29, 0.717) is 25.8 Å². The van der Waals surface area contributed by atoms with Gasteiger partial charge in [0, 0.05) is 18.3 Å². The summed E-state index contributed by atoms with van der Waals surface area (Å²) in [5, 5.41) is 9.43. The van der Waals surface area contributed by atoms with Crippen molar-refractivity contribution < 1.29 is 14.6 Å². The minimum atomic E-state index is -0.0379. The lowest BCUT2D eigenvalue weighted by molar-refractivity contribution is -0.134. The first-order valence-corrected chi connectivity index (χ1v) is 8.23. The van der Waals surface area contributed by atoms with Crippen LogP contribution in [0.4, 0.5) is 0 Å². The standard InChI is InChI=1S/C16H26N2O3/c19-11-15-12-21-9-8-17(15)10-16(20)18(14-6-7-14)13-4-2-1-3-5-13/h4,14-15,19H,1-3,5-12H2. The van der Waals surface area contributed by atoms with Crippen LogP contribution < -0.4 is 0 Å². The van der Waals surface area contributed by atoms with Gasteiger partial charge in [0.25, 0.3) is 0 Å². The van der Waals surface area contributed by atoms with E-state index in [9.17, 15) is 9.90 Å². The van der Waals surface area contributed by atoms with Gasteiger partial charge in [-0.2, -0.15) is 0 Å². The molecule has 1 N–H and O–H groups in total. The van der Waals surface area contributed by atoms with Crippen molar-refractivity contribution >= 4 is 5.91 Å². The highest BCUT2D eigenvalue weighted by Crippen LogP contribution is 2.33. The third-order valence-electron chi connectivity index (χ3n) is 4.66. The molecule has 0 spiro atoms. The average Bonchev–Trinajstić information content (AvgIpc) is 3.34. The van der Waals surface area contributed by atoms with Crippen molar-refractivity contribution in [2.75, 3.05) is 32.9 Å². The van der Waals surface area contributed by atoms with Gasteiger partial charge >= 0.3 is 0 Å². The maximum Gasteiger partial charge on any atom is 0.241 e. The van der Waals surface area contributed by atoms with Gasteiger partial charge in [0.2, 0.25) is 5.91 Å². The molecule has 0 aromatic carbocycles. The molecule has 2 fully saturated rings. The van der Waals surface area contributed by atoms with Crippen molar-refractivity contribution in [3.63, 3.8) is 0 Å². The minimum Gasteiger partial charge on any atom is -0.395 e. The molecule has 118 valence electrons. The molecule has 5 nitrogen and oxygen atoms in total. The fourth-order valence-corrected chi connectivity index (χ4v) is 3.29. The molecule has 1 aliphatic heterocycles. The van der Waals surface area contributed by atoms with E-state index in [0.717, 1.165) is 32.2 Å². The summed E-state index contributed by atoms with van der Waals surface area (Å²) in [4.78, 5) is 16.9. The van der Waals surface area contributed by atoms with Crippen LogP contribution in [-0.4, -0.2) is 65.8 Å². The normalized spacial score (nSPS) is 27.3. The molecule has 2 aliphatic carbocycles. The van der Waals surface area contributed by atoms with Crippen LogP contribution in [0.1, 0.15) is 38.5 Å². The lowest BCUT2D eigenvalue weighted by atomic mass is 10.0. The van der Waals surface area contributed by atoms with E-state index in [1.165, 1.54) is 18.5 Å². The Hall–Kier alpha value is -0.910. The number of morpholine rings is 1. The molecular weight excluding hydrogens is 268 g/mol. The van der Waals surface area contributed by atoms with Crippen molar-refractivity contribution in [1.82, 2.24) is 9.80 Å². The van der Waals surface area contributed by atoms with Crippen LogP contribution in [-0.2, 0) is 9.53 Å². The summed E-state index contributed by atoms with van der Waals surface area (Å²) in [6.07, 6.45) is 9.09. The Morgan fingerprint density at radius 1 is 1.43 bits per heavy atom. The SMILES string of the molecule is O=C(CN1CCOCC1CO)N(C1=CCCCC1)C1CC1. The number of rotatable bonds is 5. The molecule has 21 heavy (non-hydrogen) atoms. The highest BCUT2D eigenvalue weighted by atomic mass is 16.5. The molecule has 0 radical (unpaired) electrons. The quantitative estimate of drug-likeness (QED) is 0.826. The van der Waals surface area contributed by atoms with Crippen molar-refractivity contribution in [2.24, 2.45) is 0 Å². The van der Waals surface area contributed by atoms with Crippen molar-refractivity contribution in [1.29, 1.82) is 0 Å². The zero-order chi connectivity index (χ0) is 14.7. The lowest BCUT2D eigenvalue weighted by Gasteiger charge is -2.36. The van der Waals surface area contributed by atoms with Gasteiger partial charge < -0.3 is 14.7 Å². The van der Waals surface area contributed by atoms with Crippen molar-refractivity contribution in [3.05, 3.63) is 11.8 Å². The summed E-state index contributed by atoms with van der Waals surface area (Å²) in [7, 11) is 0. The zero-order valence-electron chi connectivity index (χ0n) is 12.7. The third kappa shape index (κ3) is 3.65. The number of nitrogens with zero attached hydrogens (tertiary/aromatic N) is 2. The van der Waals surface area contributed by atoms with Crippen LogP contribution in [0.25, 0.3) is 0 Å². The van der Waals surface area contributed by atoms with Crippen molar-refractivity contribution in [3.8, 4) is 0 Å². The minimum absolute atomic E-state index is 0.0379. The lowest BCUT2D eigenvalue weighted by Crippen LogP contribution is -2.52. The summed E-state index contributed by atoms with van der Waals surface area (Å²) in [6.45, 7) is 2.36. The molecule has 3 rings (SSSR count). The first kappa shape index (κ1) is 15.0. The fraction of sp³-hybridized carbons (Fsp3) is 0.812. The van der Waals surface area contributed by atoms with Crippen LogP contribution in [0.3, 0.4) is 0 Å². The Bertz CT molecular complexity index is 406. The maximum atomic E-state index is 12.8. The number of amides is 1. The van der Waals surface area contributed by atoms with E-state index in [1.807, 2.05) is 0 Å². The predicted octanol–water partition coefficient (Wildman–Crippen LogP) is 1.13. The number of hydrogen-bond donors (Lipinski definition) is 1. The van der Waals surface area contributed by atoms with E-state index >= 15 is 0 Å². The van der Waals surface area contributed by atoms with Gasteiger partial charge in [-0.15, -0.1) is 0 Å². The first-order chi connectivity index (χ1) is 10.3. The number of ether oxygens (including phenoxy) is 1. The summed E-state index contributed by atoms with van der Waals surface area (Å²) < 4.78 is 5.38. The first-order valence-electron chi connectivity index (χ1n) is 8.23. The number of carbonyl (C=O) groups is 1. The third-order valence-corrected chi connectivity index (χ3v) is 4.66. The number of aliphatic hydroxyl groups is 1. The Balaban J connectivity index is 1.65.